The second-order valence-electron chi connectivity index (χ2n) is 4.22. The highest BCUT2D eigenvalue weighted by Gasteiger charge is 2.17. The van der Waals surface area contributed by atoms with E-state index in [9.17, 15) is 4.79 Å². The zero-order valence-corrected chi connectivity index (χ0v) is 11.9. The number of anilines is 1. The summed E-state index contributed by atoms with van der Waals surface area (Å²) in [6.07, 6.45) is 0. The van der Waals surface area contributed by atoms with E-state index in [1.54, 1.807) is 0 Å². The van der Waals surface area contributed by atoms with Crippen molar-refractivity contribution in [1.29, 1.82) is 0 Å². The highest BCUT2D eigenvalue weighted by atomic mass is 127. The maximum absolute atomic E-state index is 11.7. The zero-order valence-electron chi connectivity index (χ0n) is 9.75. The lowest BCUT2D eigenvalue weighted by atomic mass is 10.0. The molecule has 3 nitrogen and oxygen atoms in total. The molecule has 1 rings (SSSR count). The molecule has 1 atom stereocenters. The van der Waals surface area contributed by atoms with Crippen LogP contribution in [0.3, 0.4) is 0 Å². The monoisotopic (exact) mass is 332 g/mol. The van der Waals surface area contributed by atoms with E-state index in [1.165, 1.54) is 5.56 Å². The first kappa shape index (κ1) is 13.4. The molecule has 0 fully saturated rings. The molecule has 3 N–H and O–H groups in total. The summed E-state index contributed by atoms with van der Waals surface area (Å²) in [4.78, 5) is 11.7. The van der Waals surface area contributed by atoms with Gasteiger partial charge in [-0.05, 0) is 53.1 Å². The predicted octanol–water partition coefficient (Wildman–Crippen LogP) is 2.52. The zero-order chi connectivity index (χ0) is 12.3. The third-order valence-electron chi connectivity index (χ3n) is 2.46. The van der Waals surface area contributed by atoms with E-state index in [1.807, 2.05) is 39.0 Å². The number of nitrogens with one attached hydrogen (secondary N) is 1. The van der Waals surface area contributed by atoms with E-state index in [2.05, 4.69) is 27.9 Å². The number of benzene rings is 1. The van der Waals surface area contributed by atoms with Gasteiger partial charge in [-0.15, -0.1) is 0 Å². The van der Waals surface area contributed by atoms with Crippen LogP contribution in [0.15, 0.2) is 18.2 Å². The first-order valence-corrected chi connectivity index (χ1v) is 6.32. The van der Waals surface area contributed by atoms with Crippen molar-refractivity contribution in [1.82, 2.24) is 0 Å². The SMILES string of the molecule is Cc1ccc(NC(=O)C(N)C(C)C)cc1I. The number of hydrogen-bond acceptors (Lipinski definition) is 2. The van der Waals surface area contributed by atoms with E-state index in [0.29, 0.717) is 0 Å². The summed E-state index contributed by atoms with van der Waals surface area (Å²) < 4.78 is 1.13. The summed E-state index contributed by atoms with van der Waals surface area (Å²) in [5.41, 5.74) is 7.76. The van der Waals surface area contributed by atoms with Crippen LogP contribution in [-0.4, -0.2) is 11.9 Å². The van der Waals surface area contributed by atoms with Crippen molar-refractivity contribution in [2.45, 2.75) is 26.8 Å². The van der Waals surface area contributed by atoms with Crippen molar-refractivity contribution >= 4 is 34.2 Å². The van der Waals surface area contributed by atoms with Gasteiger partial charge in [0.1, 0.15) is 0 Å². The van der Waals surface area contributed by atoms with Crippen molar-refractivity contribution in [3.8, 4) is 0 Å². The Kier molecular flexibility index (Phi) is 4.73. The molecule has 0 bridgehead atoms. The minimum Gasteiger partial charge on any atom is -0.325 e. The Morgan fingerprint density at radius 3 is 2.56 bits per heavy atom. The van der Waals surface area contributed by atoms with Crippen LogP contribution in [0.25, 0.3) is 0 Å². The molecular formula is C12H17IN2O. The fraction of sp³-hybridized carbons (Fsp3) is 0.417. The van der Waals surface area contributed by atoms with E-state index in [0.717, 1.165) is 9.26 Å². The molecule has 0 heterocycles. The van der Waals surface area contributed by atoms with E-state index < -0.39 is 6.04 Å². The minimum absolute atomic E-state index is 0.130. The van der Waals surface area contributed by atoms with Crippen LogP contribution in [0.4, 0.5) is 5.69 Å². The number of amides is 1. The van der Waals surface area contributed by atoms with Crippen LogP contribution in [0.1, 0.15) is 19.4 Å². The largest absolute Gasteiger partial charge is 0.325 e. The summed E-state index contributed by atoms with van der Waals surface area (Å²) in [5.74, 6) is 0.0131. The van der Waals surface area contributed by atoms with Crippen LogP contribution in [-0.2, 0) is 4.79 Å². The van der Waals surface area contributed by atoms with Crippen molar-refractivity contribution in [2.24, 2.45) is 11.7 Å². The molecule has 0 saturated carbocycles. The number of carbonyl (C=O) groups is 1. The molecule has 1 aromatic carbocycles. The lowest BCUT2D eigenvalue weighted by Crippen LogP contribution is -2.39. The molecule has 88 valence electrons. The second-order valence-corrected chi connectivity index (χ2v) is 5.39. The van der Waals surface area contributed by atoms with Gasteiger partial charge in [-0.25, -0.2) is 0 Å². The van der Waals surface area contributed by atoms with Gasteiger partial charge in [0.25, 0.3) is 0 Å². The Bertz CT molecular complexity index is 391. The standard InChI is InChI=1S/C12H17IN2O/c1-7(2)11(14)12(16)15-9-5-4-8(3)10(13)6-9/h4-7,11H,14H2,1-3H3,(H,15,16). The van der Waals surface area contributed by atoms with Crippen LogP contribution < -0.4 is 11.1 Å². The van der Waals surface area contributed by atoms with Gasteiger partial charge in [-0.1, -0.05) is 19.9 Å². The van der Waals surface area contributed by atoms with Gasteiger partial charge in [0.05, 0.1) is 6.04 Å². The van der Waals surface area contributed by atoms with E-state index in [4.69, 9.17) is 5.73 Å². The molecule has 0 aromatic heterocycles. The summed E-state index contributed by atoms with van der Waals surface area (Å²) in [6.45, 7) is 5.90. The first-order valence-electron chi connectivity index (χ1n) is 5.24. The van der Waals surface area contributed by atoms with E-state index >= 15 is 0 Å². The summed E-state index contributed by atoms with van der Waals surface area (Å²) in [7, 11) is 0. The lowest BCUT2D eigenvalue weighted by Gasteiger charge is -2.15. The molecule has 4 heteroatoms. The van der Waals surface area contributed by atoms with Gasteiger partial charge < -0.3 is 11.1 Å². The third kappa shape index (κ3) is 3.45. The number of hydrogen-bond donors (Lipinski definition) is 2. The van der Waals surface area contributed by atoms with Crippen molar-refractivity contribution in [2.75, 3.05) is 5.32 Å². The molecule has 0 saturated heterocycles. The number of aryl methyl sites for hydroxylation is 1. The van der Waals surface area contributed by atoms with Gasteiger partial charge in [0.15, 0.2) is 0 Å². The smallest absolute Gasteiger partial charge is 0.241 e. The van der Waals surface area contributed by atoms with Crippen LogP contribution in [0.5, 0.6) is 0 Å². The number of carbonyl (C=O) groups excluding carboxylic acids is 1. The summed E-state index contributed by atoms with van der Waals surface area (Å²) in [5, 5.41) is 2.82. The topological polar surface area (TPSA) is 55.1 Å². The molecule has 1 unspecified atom stereocenters. The maximum atomic E-state index is 11.7. The number of nitrogens with two attached hydrogens (primary N) is 1. The minimum atomic E-state index is -0.459. The summed E-state index contributed by atoms with van der Waals surface area (Å²) >= 11 is 2.24. The molecule has 1 amide bonds. The third-order valence-corrected chi connectivity index (χ3v) is 3.62. The predicted molar refractivity (Wildman–Crippen MR) is 75.3 cm³/mol. The van der Waals surface area contributed by atoms with Crippen molar-refractivity contribution in [3.05, 3.63) is 27.3 Å². The fourth-order valence-electron chi connectivity index (χ4n) is 1.20. The average Bonchev–Trinajstić information content (AvgIpc) is 2.22. The van der Waals surface area contributed by atoms with Crippen LogP contribution in [0.2, 0.25) is 0 Å². The highest BCUT2D eigenvalue weighted by molar-refractivity contribution is 14.1. The molecule has 1 aromatic rings. The fourth-order valence-corrected chi connectivity index (χ4v) is 1.71. The van der Waals surface area contributed by atoms with Gasteiger partial charge in [0.2, 0.25) is 5.91 Å². The quantitative estimate of drug-likeness (QED) is 0.836. The molecule has 0 radical (unpaired) electrons. The Balaban J connectivity index is 2.74. The maximum Gasteiger partial charge on any atom is 0.241 e. The van der Waals surface area contributed by atoms with Crippen molar-refractivity contribution in [3.63, 3.8) is 0 Å². The second kappa shape index (κ2) is 5.63. The normalized spacial score (nSPS) is 12.6. The Hall–Kier alpha value is -0.620. The molecule has 0 aliphatic heterocycles. The average molecular weight is 332 g/mol. The number of halogens is 1. The highest BCUT2D eigenvalue weighted by Crippen LogP contribution is 2.17. The summed E-state index contributed by atoms with van der Waals surface area (Å²) in [6, 6.07) is 5.36. The van der Waals surface area contributed by atoms with Gasteiger partial charge in [0, 0.05) is 9.26 Å². The molecule has 16 heavy (non-hydrogen) atoms. The van der Waals surface area contributed by atoms with Gasteiger partial charge in [-0.3, -0.25) is 4.79 Å². The Labute approximate surface area is 110 Å². The molecule has 0 spiro atoms. The van der Waals surface area contributed by atoms with Crippen LogP contribution in [0, 0.1) is 16.4 Å². The number of rotatable bonds is 3. The molecule has 0 aliphatic carbocycles. The molecular weight excluding hydrogens is 315 g/mol. The van der Waals surface area contributed by atoms with Gasteiger partial charge in [-0.2, -0.15) is 0 Å². The lowest BCUT2D eigenvalue weighted by molar-refractivity contribution is -0.118. The first-order chi connectivity index (χ1) is 7.41. The van der Waals surface area contributed by atoms with Gasteiger partial charge >= 0.3 is 0 Å². The van der Waals surface area contributed by atoms with E-state index in [-0.39, 0.29) is 11.8 Å². The Morgan fingerprint density at radius 1 is 1.44 bits per heavy atom. The van der Waals surface area contributed by atoms with Crippen LogP contribution >= 0.6 is 22.6 Å². The Morgan fingerprint density at radius 2 is 2.06 bits per heavy atom. The van der Waals surface area contributed by atoms with Crippen molar-refractivity contribution < 1.29 is 4.79 Å². The molecule has 0 aliphatic rings.